The van der Waals surface area contributed by atoms with Gasteiger partial charge in [-0.05, 0) is 30.3 Å². The van der Waals surface area contributed by atoms with E-state index in [9.17, 15) is 13.2 Å². The molecule has 6 nitrogen and oxygen atoms in total. The van der Waals surface area contributed by atoms with Crippen LogP contribution in [0.25, 0.3) is 0 Å². The summed E-state index contributed by atoms with van der Waals surface area (Å²) in [6.07, 6.45) is 0. The second-order valence-electron chi connectivity index (χ2n) is 4.21. The lowest BCUT2D eigenvalue weighted by molar-refractivity contribution is 0.0696. The number of benzene rings is 2. The predicted octanol–water partition coefficient (Wildman–Crippen LogP) is 2.71. The summed E-state index contributed by atoms with van der Waals surface area (Å²) in [4.78, 5) is 10.6. The average molecular weight is 337 g/mol. The molecule has 0 aliphatic rings. The summed E-state index contributed by atoms with van der Waals surface area (Å²) in [6, 6.07) is 11.2. The molecular weight excluding hydrogens is 328 g/mol. The number of nitriles is 1. The maximum Gasteiger partial charge on any atom is 0.335 e. The third-order valence-corrected chi connectivity index (χ3v) is 4.61. The molecule has 2 aromatic carbocycles. The van der Waals surface area contributed by atoms with Crippen molar-refractivity contribution in [3.05, 3.63) is 58.6 Å². The molecule has 0 heterocycles. The zero-order valence-corrected chi connectivity index (χ0v) is 12.5. The maximum absolute atomic E-state index is 12.4. The van der Waals surface area contributed by atoms with Crippen molar-refractivity contribution in [3.8, 4) is 6.07 Å². The van der Waals surface area contributed by atoms with Crippen molar-refractivity contribution in [2.24, 2.45) is 0 Å². The van der Waals surface area contributed by atoms with E-state index in [1.807, 2.05) is 6.07 Å². The molecule has 0 saturated heterocycles. The highest BCUT2D eigenvalue weighted by atomic mass is 35.5. The first kappa shape index (κ1) is 15.8. The molecule has 0 bridgehead atoms. The summed E-state index contributed by atoms with van der Waals surface area (Å²) in [6.45, 7) is 0. The Morgan fingerprint density at radius 3 is 2.55 bits per heavy atom. The number of nitrogens with one attached hydrogen (secondary N) is 1. The summed E-state index contributed by atoms with van der Waals surface area (Å²) in [5.74, 6) is -1.27. The van der Waals surface area contributed by atoms with Gasteiger partial charge in [0.05, 0.1) is 21.8 Å². The Balaban J connectivity index is 2.50. The van der Waals surface area contributed by atoms with Crippen LogP contribution in [-0.4, -0.2) is 19.5 Å². The van der Waals surface area contributed by atoms with E-state index in [4.69, 9.17) is 22.0 Å². The minimum Gasteiger partial charge on any atom is -0.478 e. The number of carboxylic acid groups (broad SMARTS) is 1. The van der Waals surface area contributed by atoms with E-state index < -0.39 is 16.0 Å². The quantitative estimate of drug-likeness (QED) is 0.892. The zero-order chi connectivity index (χ0) is 16.3. The fraction of sp³-hybridized carbons (Fsp3) is 0. The minimum atomic E-state index is -4.13. The van der Waals surface area contributed by atoms with Gasteiger partial charge in [0, 0.05) is 0 Å². The molecule has 22 heavy (non-hydrogen) atoms. The van der Waals surface area contributed by atoms with Crippen molar-refractivity contribution in [1.82, 2.24) is 0 Å². The van der Waals surface area contributed by atoms with Gasteiger partial charge in [-0.15, -0.1) is 0 Å². The molecular formula is C14H9ClN2O4S. The van der Waals surface area contributed by atoms with Gasteiger partial charge in [-0.25, -0.2) is 13.2 Å². The SMILES string of the molecule is N#Cc1ccccc1NS(=O)(=O)c1cc(C(=O)O)ccc1Cl. The van der Waals surface area contributed by atoms with Crippen LogP contribution in [0.15, 0.2) is 47.4 Å². The van der Waals surface area contributed by atoms with Gasteiger partial charge in [0.1, 0.15) is 11.0 Å². The second-order valence-corrected chi connectivity index (χ2v) is 6.27. The van der Waals surface area contributed by atoms with E-state index in [0.29, 0.717) is 0 Å². The molecule has 2 rings (SSSR count). The van der Waals surface area contributed by atoms with Crippen molar-refractivity contribution >= 4 is 33.3 Å². The zero-order valence-electron chi connectivity index (χ0n) is 10.9. The Hall–Kier alpha value is -2.56. The molecule has 0 atom stereocenters. The molecule has 0 radical (unpaired) electrons. The monoisotopic (exact) mass is 336 g/mol. The van der Waals surface area contributed by atoms with Crippen molar-refractivity contribution in [2.75, 3.05) is 4.72 Å². The van der Waals surface area contributed by atoms with Gasteiger partial charge in [-0.2, -0.15) is 5.26 Å². The van der Waals surface area contributed by atoms with Crippen molar-refractivity contribution in [3.63, 3.8) is 0 Å². The number of nitrogens with zero attached hydrogens (tertiary/aromatic N) is 1. The van der Waals surface area contributed by atoms with Gasteiger partial charge in [-0.1, -0.05) is 23.7 Å². The van der Waals surface area contributed by atoms with Gasteiger partial charge < -0.3 is 5.11 Å². The summed E-state index contributed by atoms with van der Waals surface area (Å²) >= 11 is 5.85. The third-order valence-electron chi connectivity index (χ3n) is 2.76. The number of carboxylic acids is 1. The van der Waals surface area contributed by atoms with Crippen LogP contribution in [0.1, 0.15) is 15.9 Å². The van der Waals surface area contributed by atoms with Crippen LogP contribution in [0, 0.1) is 11.3 Å². The molecule has 0 fully saturated rings. The summed E-state index contributed by atoms with van der Waals surface area (Å²) in [5, 5.41) is 17.8. The normalized spacial score (nSPS) is 10.7. The molecule has 0 amide bonds. The number of rotatable bonds is 4. The Labute approximate surface area is 131 Å². The van der Waals surface area contributed by atoms with E-state index in [2.05, 4.69) is 4.72 Å². The molecule has 0 spiro atoms. The molecule has 0 saturated carbocycles. The van der Waals surface area contributed by atoms with Crippen LogP contribution in [-0.2, 0) is 10.0 Å². The lowest BCUT2D eigenvalue weighted by atomic mass is 10.2. The molecule has 112 valence electrons. The van der Waals surface area contributed by atoms with Crippen molar-refractivity contribution in [2.45, 2.75) is 4.90 Å². The topological polar surface area (TPSA) is 107 Å². The Bertz CT molecular complexity index is 888. The maximum atomic E-state index is 12.4. The lowest BCUT2D eigenvalue weighted by Crippen LogP contribution is -2.15. The van der Waals surface area contributed by atoms with Crippen molar-refractivity contribution < 1.29 is 18.3 Å². The predicted molar refractivity (Wildman–Crippen MR) is 80.4 cm³/mol. The number of sulfonamides is 1. The standard InChI is InChI=1S/C14H9ClN2O4S/c15-11-6-5-9(14(18)19)7-13(11)22(20,21)17-12-4-2-1-3-10(12)8-16/h1-7,17H,(H,18,19). The van der Waals surface area contributed by atoms with Crippen LogP contribution in [0.5, 0.6) is 0 Å². The van der Waals surface area contributed by atoms with Crippen LogP contribution >= 0.6 is 11.6 Å². The third kappa shape index (κ3) is 3.19. The van der Waals surface area contributed by atoms with Crippen LogP contribution in [0.4, 0.5) is 5.69 Å². The highest BCUT2D eigenvalue weighted by Gasteiger charge is 2.21. The van der Waals surface area contributed by atoms with Crippen LogP contribution in [0.3, 0.4) is 0 Å². The minimum absolute atomic E-state index is 0.0850. The first-order valence-corrected chi connectivity index (χ1v) is 7.76. The number of hydrogen-bond donors (Lipinski definition) is 2. The molecule has 0 unspecified atom stereocenters. The smallest absolute Gasteiger partial charge is 0.335 e. The highest BCUT2D eigenvalue weighted by molar-refractivity contribution is 7.92. The molecule has 0 aromatic heterocycles. The number of para-hydroxylation sites is 1. The average Bonchev–Trinajstić information content (AvgIpc) is 2.47. The summed E-state index contributed by atoms with van der Waals surface area (Å²) in [5.41, 5.74) is 0.0109. The number of aromatic carboxylic acids is 1. The van der Waals surface area contributed by atoms with Gasteiger partial charge in [0.25, 0.3) is 10.0 Å². The van der Waals surface area contributed by atoms with Gasteiger partial charge in [-0.3, -0.25) is 4.72 Å². The summed E-state index contributed by atoms with van der Waals surface area (Å²) in [7, 11) is -4.13. The highest BCUT2D eigenvalue weighted by Crippen LogP contribution is 2.26. The van der Waals surface area contributed by atoms with Gasteiger partial charge in [0.2, 0.25) is 0 Å². The Kier molecular flexibility index (Phi) is 4.35. The fourth-order valence-electron chi connectivity index (χ4n) is 1.71. The first-order chi connectivity index (χ1) is 10.3. The first-order valence-electron chi connectivity index (χ1n) is 5.90. The van der Waals surface area contributed by atoms with E-state index in [0.717, 1.165) is 6.07 Å². The molecule has 2 aromatic rings. The van der Waals surface area contributed by atoms with Crippen LogP contribution in [0.2, 0.25) is 5.02 Å². The number of anilines is 1. The van der Waals surface area contributed by atoms with Gasteiger partial charge in [0.15, 0.2) is 0 Å². The number of halogens is 1. The lowest BCUT2D eigenvalue weighted by Gasteiger charge is -2.11. The largest absolute Gasteiger partial charge is 0.478 e. The van der Waals surface area contributed by atoms with E-state index in [1.54, 1.807) is 12.1 Å². The van der Waals surface area contributed by atoms with Crippen LogP contribution < -0.4 is 4.72 Å². The molecule has 0 aliphatic carbocycles. The molecule has 2 N–H and O–H groups in total. The summed E-state index contributed by atoms with van der Waals surface area (Å²) < 4.78 is 27.0. The fourth-order valence-corrected chi connectivity index (χ4v) is 3.32. The Morgan fingerprint density at radius 1 is 1.23 bits per heavy atom. The van der Waals surface area contributed by atoms with Crippen molar-refractivity contribution in [1.29, 1.82) is 5.26 Å². The van der Waals surface area contributed by atoms with Gasteiger partial charge >= 0.3 is 5.97 Å². The van der Waals surface area contributed by atoms with E-state index in [-0.39, 0.29) is 26.7 Å². The molecule has 0 aliphatic heterocycles. The number of hydrogen-bond acceptors (Lipinski definition) is 4. The molecule has 8 heteroatoms. The second kappa shape index (κ2) is 6.05. The van der Waals surface area contributed by atoms with E-state index in [1.165, 1.54) is 24.3 Å². The number of carbonyl (C=O) groups is 1. The van der Waals surface area contributed by atoms with E-state index >= 15 is 0 Å². The Morgan fingerprint density at radius 2 is 1.91 bits per heavy atom.